The third-order valence-electron chi connectivity index (χ3n) is 3.03. The van der Waals surface area contributed by atoms with E-state index in [0.717, 1.165) is 12.0 Å². The monoisotopic (exact) mass is 224 g/mol. The van der Waals surface area contributed by atoms with Gasteiger partial charge in [-0.2, -0.15) is 0 Å². The van der Waals surface area contributed by atoms with Gasteiger partial charge in [0.2, 0.25) is 0 Å². The van der Waals surface area contributed by atoms with E-state index in [0.29, 0.717) is 6.42 Å². The molecule has 0 aromatic heterocycles. The quantitative estimate of drug-likeness (QED) is 0.514. The molecule has 0 atom stereocenters. The van der Waals surface area contributed by atoms with Crippen molar-refractivity contribution in [2.24, 2.45) is 0 Å². The maximum Gasteiger partial charge on any atom is 0.186 e. The lowest BCUT2D eigenvalue weighted by atomic mass is 9.95. The van der Waals surface area contributed by atoms with Crippen LogP contribution in [-0.4, -0.2) is 16.0 Å². The second-order valence-corrected chi connectivity index (χ2v) is 4.76. The van der Waals surface area contributed by atoms with Gasteiger partial charge >= 0.3 is 0 Å². The first-order valence-corrected chi connectivity index (χ1v) is 6.46. The van der Waals surface area contributed by atoms with Gasteiger partial charge in [0.25, 0.3) is 0 Å². The maximum absolute atomic E-state index is 9.45. The Morgan fingerprint density at radius 3 is 2.50 bits per heavy atom. The molecule has 1 aliphatic carbocycles. The summed E-state index contributed by atoms with van der Waals surface area (Å²) in [5.41, 5.74) is 1.16. The van der Waals surface area contributed by atoms with Gasteiger partial charge in [-0.15, -0.1) is 0 Å². The fourth-order valence-corrected chi connectivity index (χ4v) is 2.09. The Balaban J connectivity index is 2.10. The molecule has 1 rings (SSSR count). The summed E-state index contributed by atoms with van der Waals surface area (Å²) < 4.78 is 0. The lowest BCUT2D eigenvalue weighted by molar-refractivity contribution is -0.117. The largest absolute Gasteiger partial charge is 0.362 e. The highest BCUT2D eigenvalue weighted by atomic mass is 16.5. The zero-order valence-corrected chi connectivity index (χ0v) is 10.3. The minimum absolute atomic E-state index is 0.373. The van der Waals surface area contributed by atoms with Crippen molar-refractivity contribution in [2.75, 3.05) is 0 Å². The van der Waals surface area contributed by atoms with E-state index in [1.165, 1.54) is 44.6 Å². The van der Waals surface area contributed by atoms with Gasteiger partial charge in [0.05, 0.1) is 0 Å². The average Bonchev–Trinajstić information content (AvgIpc) is 2.22. The summed E-state index contributed by atoms with van der Waals surface area (Å²) in [6.45, 7) is 2.22. The van der Waals surface area contributed by atoms with Gasteiger partial charge in [-0.1, -0.05) is 56.8 Å². The Kier molecular flexibility index (Phi) is 5.78. The SMILES string of the molecule is CCCCCCCCC1=CC=CC(O)(O)C1. The van der Waals surface area contributed by atoms with Crippen molar-refractivity contribution in [3.63, 3.8) is 0 Å². The van der Waals surface area contributed by atoms with Crippen LogP contribution in [0.25, 0.3) is 0 Å². The Morgan fingerprint density at radius 2 is 1.81 bits per heavy atom. The fraction of sp³-hybridized carbons (Fsp3) is 0.714. The van der Waals surface area contributed by atoms with Crippen LogP contribution < -0.4 is 0 Å². The third kappa shape index (κ3) is 5.47. The number of rotatable bonds is 7. The molecule has 16 heavy (non-hydrogen) atoms. The molecule has 2 heteroatoms. The zero-order valence-electron chi connectivity index (χ0n) is 10.3. The van der Waals surface area contributed by atoms with Crippen LogP contribution in [0, 0.1) is 0 Å². The van der Waals surface area contributed by atoms with E-state index >= 15 is 0 Å². The highest BCUT2D eigenvalue weighted by molar-refractivity contribution is 5.22. The van der Waals surface area contributed by atoms with Crippen molar-refractivity contribution in [1.82, 2.24) is 0 Å². The van der Waals surface area contributed by atoms with Crippen LogP contribution in [0.5, 0.6) is 0 Å². The molecule has 92 valence electrons. The summed E-state index contributed by atoms with van der Waals surface area (Å²) in [6.07, 6.45) is 14.3. The molecule has 0 saturated carbocycles. The molecule has 0 spiro atoms. The summed E-state index contributed by atoms with van der Waals surface area (Å²) >= 11 is 0. The maximum atomic E-state index is 9.45. The molecule has 0 radical (unpaired) electrons. The first kappa shape index (κ1) is 13.5. The van der Waals surface area contributed by atoms with E-state index in [-0.39, 0.29) is 0 Å². The van der Waals surface area contributed by atoms with Gasteiger partial charge in [-0.05, 0) is 18.9 Å². The van der Waals surface area contributed by atoms with E-state index < -0.39 is 5.79 Å². The Bertz CT molecular complexity index is 251. The predicted molar refractivity (Wildman–Crippen MR) is 67.0 cm³/mol. The molecule has 1 aliphatic rings. The lowest BCUT2D eigenvalue weighted by Gasteiger charge is -2.22. The average molecular weight is 224 g/mol. The lowest BCUT2D eigenvalue weighted by Crippen LogP contribution is -2.27. The summed E-state index contributed by atoms with van der Waals surface area (Å²) in [6, 6.07) is 0. The highest BCUT2D eigenvalue weighted by Crippen LogP contribution is 2.24. The minimum Gasteiger partial charge on any atom is -0.362 e. The van der Waals surface area contributed by atoms with E-state index in [1.54, 1.807) is 6.08 Å². The highest BCUT2D eigenvalue weighted by Gasteiger charge is 2.22. The standard InChI is InChI=1S/C14H24O2/c1-2-3-4-5-6-7-9-13-10-8-11-14(15,16)12-13/h8,10-11,15-16H,2-7,9,12H2,1H3. The summed E-state index contributed by atoms with van der Waals surface area (Å²) in [4.78, 5) is 0. The molecule has 0 bridgehead atoms. The van der Waals surface area contributed by atoms with Crippen molar-refractivity contribution in [1.29, 1.82) is 0 Å². The Morgan fingerprint density at radius 1 is 1.12 bits per heavy atom. The van der Waals surface area contributed by atoms with Crippen molar-refractivity contribution in [3.8, 4) is 0 Å². The van der Waals surface area contributed by atoms with Gasteiger partial charge in [0.1, 0.15) is 0 Å². The van der Waals surface area contributed by atoms with Crippen LogP contribution in [0.3, 0.4) is 0 Å². The molecule has 0 aliphatic heterocycles. The first-order valence-electron chi connectivity index (χ1n) is 6.46. The van der Waals surface area contributed by atoms with E-state index in [9.17, 15) is 10.2 Å². The van der Waals surface area contributed by atoms with Crippen molar-refractivity contribution in [2.45, 2.75) is 64.1 Å². The first-order chi connectivity index (χ1) is 7.64. The second-order valence-electron chi connectivity index (χ2n) is 4.76. The number of hydrogen-bond acceptors (Lipinski definition) is 2. The smallest absolute Gasteiger partial charge is 0.186 e. The van der Waals surface area contributed by atoms with E-state index in [2.05, 4.69) is 6.92 Å². The summed E-state index contributed by atoms with van der Waals surface area (Å²) in [5, 5.41) is 18.9. The molecular weight excluding hydrogens is 200 g/mol. The minimum atomic E-state index is -1.60. The molecule has 2 N–H and O–H groups in total. The van der Waals surface area contributed by atoms with Crippen LogP contribution in [0.2, 0.25) is 0 Å². The number of allylic oxidation sites excluding steroid dienone is 2. The van der Waals surface area contributed by atoms with E-state index in [1.807, 2.05) is 6.08 Å². The zero-order chi connectivity index (χ0) is 11.9. The van der Waals surface area contributed by atoms with Crippen molar-refractivity contribution >= 4 is 0 Å². The molecule has 0 unspecified atom stereocenters. The molecule has 2 nitrogen and oxygen atoms in total. The molecule has 0 heterocycles. The summed E-state index contributed by atoms with van der Waals surface area (Å²) in [7, 11) is 0. The molecular formula is C14H24O2. The van der Waals surface area contributed by atoms with Crippen molar-refractivity contribution < 1.29 is 10.2 Å². The number of hydrogen-bond donors (Lipinski definition) is 2. The molecule has 0 aromatic rings. The molecule has 0 saturated heterocycles. The van der Waals surface area contributed by atoms with Crippen LogP contribution >= 0.6 is 0 Å². The van der Waals surface area contributed by atoms with Gasteiger partial charge in [-0.3, -0.25) is 0 Å². The van der Waals surface area contributed by atoms with Crippen LogP contribution in [0.1, 0.15) is 58.3 Å². The third-order valence-corrected chi connectivity index (χ3v) is 3.03. The van der Waals surface area contributed by atoms with Crippen LogP contribution in [0.15, 0.2) is 23.8 Å². The molecule has 0 amide bonds. The molecule has 0 fully saturated rings. The van der Waals surface area contributed by atoms with Gasteiger partial charge < -0.3 is 10.2 Å². The van der Waals surface area contributed by atoms with Gasteiger partial charge in [0, 0.05) is 6.42 Å². The number of unbranched alkanes of at least 4 members (excludes halogenated alkanes) is 5. The van der Waals surface area contributed by atoms with Crippen LogP contribution in [-0.2, 0) is 0 Å². The van der Waals surface area contributed by atoms with Crippen LogP contribution in [0.4, 0.5) is 0 Å². The van der Waals surface area contributed by atoms with Gasteiger partial charge in [0.15, 0.2) is 5.79 Å². The predicted octanol–water partition coefficient (Wildman–Crippen LogP) is 3.30. The van der Waals surface area contributed by atoms with E-state index in [4.69, 9.17) is 0 Å². The second kappa shape index (κ2) is 6.87. The topological polar surface area (TPSA) is 40.5 Å². The molecule has 0 aromatic carbocycles. The fourth-order valence-electron chi connectivity index (χ4n) is 2.09. The van der Waals surface area contributed by atoms with Crippen molar-refractivity contribution in [3.05, 3.63) is 23.8 Å². The normalized spacial score (nSPS) is 18.6. The Labute approximate surface area is 98.7 Å². The van der Waals surface area contributed by atoms with Gasteiger partial charge in [-0.25, -0.2) is 0 Å². The summed E-state index contributed by atoms with van der Waals surface area (Å²) in [5.74, 6) is -1.60. The Hall–Kier alpha value is -0.600. The number of aliphatic hydroxyl groups is 2.